The van der Waals surface area contributed by atoms with Crippen molar-refractivity contribution in [1.29, 1.82) is 0 Å². The number of rotatable bonds is 6. The lowest BCUT2D eigenvalue weighted by atomic mass is 9.96. The first-order chi connectivity index (χ1) is 14.2. The van der Waals surface area contributed by atoms with Gasteiger partial charge < -0.3 is 9.84 Å². The van der Waals surface area contributed by atoms with E-state index in [1.165, 1.54) is 11.1 Å². The predicted molar refractivity (Wildman–Crippen MR) is 113 cm³/mol. The lowest BCUT2D eigenvalue weighted by Gasteiger charge is -2.39. The lowest BCUT2D eigenvalue weighted by Crippen LogP contribution is -2.49. The van der Waals surface area contributed by atoms with Gasteiger partial charge >= 0.3 is 0 Å². The fourth-order valence-electron chi connectivity index (χ4n) is 3.88. The van der Waals surface area contributed by atoms with E-state index in [2.05, 4.69) is 80.9 Å². The third kappa shape index (κ3) is 4.91. The van der Waals surface area contributed by atoms with Gasteiger partial charge in [-0.15, -0.1) is 0 Å². The van der Waals surface area contributed by atoms with Gasteiger partial charge in [-0.3, -0.25) is 14.6 Å². The second-order valence-electron chi connectivity index (χ2n) is 7.41. The van der Waals surface area contributed by atoms with Crippen molar-refractivity contribution in [3.8, 4) is 0 Å². The van der Waals surface area contributed by atoms with Crippen molar-refractivity contribution in [1.82, 2.24) is 15.0 Å². The van der Waals surface area contributed by atoms with Crippen LogP contribution in [-0.2, 0) is 4.79 Å². The summed E-state index contributed by atoms with van der Waals surface area (Å²) in [6, 6.07) is 23.2. The van der Waals surface area contributed by atoms with E-state index < -0.39 is 0 Å². The molecule has 0 aliphatic carbocycles. The molecule has 1 aliphatic rings. The number of hydrogen-bond donors (Lipinski definition) is 1. The second-order valence-corrected chi connectivity index (χ2v) is 7.41. The molecule has 1 aromatic heterocycles. The highest BCUT2D eigenvalue weighted by atomic mass is 16.5. The quantitative estimate of drug-likeness (QED) is 0.700. The molecule has 150 valence electrons. The minimum absolute atomic E-state index is 0.0607. The summed E-state index contributed by atoms with van der Waals surface area (Å²) in [6.07, 6.45) is 0. The van der Waals surface area contributed by atoms with Gasteiger partial charge in [-0.1, -0.05) is 65.8 Å². The monoisotopic (exact) mass is 390 g/mol. The Morgan fingerprint density at radius 2 is 1.59 bits per heavy atom. The van der Waals surface area contributed by atoms with Crippen LogP contribution in [0.5, 0.6) is 0 Å². The highest BCUT2D eigenvalue weighted by Gasteiger charge is 2.27. The van der Waals surface area contributed by atoms with Gasteiger partial charge in [-0.05, 0) is 18.1 Å². The fraction of sp³-hybridized carbons (Fsp3) is 0.304. The van der Waals surface area contributed by atoms with Crippen molar-refractivity contribution in [2.24, 2.45) is 0 Å². The number of nitrogens with zero attached hydrogens (tertiary/aromatic N) is 3. The highest BCUT2D eigenvalue weighted by Crippen LogP contribution is 2.29. The van der Waals surface area contributed by atoms with Crippen molar-refractivity contribution in [3.63, 3.8) is 0 Å². The number of aromatic nitrogens is 1. The predicted octanol–water partition coefficient (Wildman–Crippen LogP) is 3.33. The Hall–Kier alpha value is -2.96. The molecule has 0 saturated carbocycles. The SMILES string of the molecule is Cc1cc(NC(=O)CN2CCN(C(c3ccccc3)c3ccccc3)CC2)no1. The maximum absolute atomic E-state index is 12.3. The molecule has 0 atom stereocenters. The Bertz CT molecular complexity index is 879. The number of aryl methyl sites for hydroxylation is 1. The van der Waals surface area contributed by atoms with E-state index in [1.54, 1.807) is 13.0 Å². The number of amides is 1. The zero-order chi connectivity index (χ0) is 20.1. The standard InChI is InChI=1S/C23H26N4O2/c1-18-16-21(25-29-18)24-22(28)17-26-12-14-27(15-13-26)23(19-8-4-2-5-9-19)20-10-6-3-7-11-20/h2-11,16,23H,12-15,17H2,1H3,(H,24,25,28). The number of benzene rings is 2. The van der Waals surface area contributed by atoms with Crippen molar-refractivity contribution in [2.75, 3.05) is 38.0 Å². The Labute approximate surface area is 171 Å². The molecule has 29 heavy (non-hydrogen) atoms. The number of anilines is 1. The Morgan fingerprint density at radius 3 is 2.10 bits per heavy atom. The maximum atomic E-state index is 12.3. The van der Waals surface area contributed by atoms with Crippen LogP contribution in [0, 0.1) is 6.92 Å². The first-order valence-electron chi connectivity index (χ1n) is 9.98. The summed E-state index contributed by atoms with van der Waals surface area (Å²) in [5.74, 6) is 1.09. The first kappa shape index (κ1) is 19.4. The Morgan fingerprint density at radius 1 is 1.00 bits per heavy atom. The van der Waals surface area contributed by atoms with Gasteiger partial charge in [0.25, 0.3) is 0 Å². The van der Waals surface area contributed by atoms with Crippen LogP contribution in [0.3, 0.4) is 0 Å². The van der Waals surface area contributed by atoms with Gasteiger partial charge in [0.1, 0.15) is 5.76 Å². The van der Waals surface area contributed by atoms with Crippen LogP contribution in [0.1, 0.15) is 22.9 Å². The van der Waals surface area contributed by atoms with Gasteiger partial charge in [0, 0.05) is 32.2 Å². The molecular weight excluding hydrogens is 364 g/mol. The van der Waals surface area contributed by atoms with Gasteiger partial charge in [-0.25, -0.2) is 0 Å². The number of hydrogen-bond acceptors (Lipinski definition) is 5. The molecule has 4 rings (SSSR count). The molecule has 1 saturated heterocycles. The van der Waals surface area contributed by atoms with E-state index in [0.29, 0.717) is 18.1 Å². The van der Waals surface area contributed by atoms with Crippen molar-refractivity contribution in [3.05, 3.63) is 83.6 Å². The summed E-state index contributed by atoms with van der Waals surface area (Å²) >= 11 is 0. The van der Waals surface area contributed by atoms with Gasteiger partial charge in [-0.2, -0.15) is 0 Å². The molecule has 0 radical (unpaired) electrons. The molecule has 2 aromatic carbocycles. The minimum Gasteiger partial charge on any atom is -0.360 e. The molecule has 0 bridgehead atoms. The maximum Gasteiger partial charge on any atom is 0.239 e. The van der Waals surface area contributed by atoms with Crippen LogP contribution in [-0.4, -0.2) is 53.6 Å². The second kappa shape index (κ2) is 9.03. The number of nitrogens with one attached hydrogen (secondary N) is 1. The normalized spacial score (nSPS) is 15.5. The molecule has 0 spiro atoms. The van der Waals surface area contributed by atoms with Crippen LogP contribution in [0.2, 0.25) is 0 Å². The molecule has 1 N–H and O–H groups in total. The number of carbonyl (C=O) groups excluding carboxylic acids is 1. The van der Waals surface area contributed by atoms with Crippen molar-refractivity contribution >= 4 is 11.7 Å². The van der Waals surface area contributed by atoms with Crippen LogP contribution in [0.25, 0.3) is 0 Å². The first-order valence-corrected chi connectivity index (χ1v) is 9.98. The fourth-order valence-corrected chi connectivity index (χ4v) is 3.88. The smallest absolute Gasteiger partial charge is 0.239 e. The summed E-state index contributed by atoms with van der Waals surface area (Å²) < 4.78 is 4.99. The van der Waals surface area contributed by atoms with E-state index in [9.17, 15) is 4.79 Å². The molecule has 1 aliphatic heterocycles. The minimum atomic E-state index is -0.0607. The summed E-state index contributed by atoms with van der Waals surface area (Å²) in [5.41, 5.74) is 2.59. The number of carbonyl (C=O) groups is 1. The molecule has 2 heterocycles. The van der Waals surface area contributed by atoms with E-state index in [-0.39, 0.29) is 11.9 Å². The summed E-state index contributed by atoms with van der Waals surface area (Å²) in [7, 11) is 0. The number of piperazine rings is 1. The molecule has 6 nitrogen and oxygen atoms in total. The van der Waals surface area contributed by atoms with E-state index in [1.807, 2.05) is 0 Å². The van der Waals surface area contributed by atoms with Crippen LogP contribution >= 0.6 is 0 Å². The zero-order valence-corrected chi connectivity index (χ0v) is 16.6. The third-order valence-corrected chi connectivity index (χ3v) is 5.27. The molecule has 6 heteroatoms. The Kier molecular flexibility index (Phi) is 6.03. The van der Waals surface area contributed by atoms with E-state index in [0.717, 1.165) is 26.2 Å². The molecular formula is C23H26N4O2. The summed E-state index contributed by atoms with van der Waals surface area (Å²) in [5, 5.41) is 6.61. The van der Waals surface area contributed by atoms with Crippen LogP contribution in [0.15, 0.2) is 71.3 Å². The molecule has 3 aromatic rings. The Balaban J connectivity index is 1.38. The summed E-state index contributed by atoms with van der Waals surface area (Å²) in [6.45, 7) is 5.68. The average Bonchev–Trinajstić information content (AvgIpc) is 3.15. The van der Waals surface area contributed by atoms with Crippen LogP contribution in [0.4, 0.5) is 5.82 Å². The van der Waals surface area contributed by atoms with Crippen molar-refractivity contribution in [2.45, 2.75) is 13.0 Å². The van der Waals surface area contributed by atoms with Crippen molar-refractivity contribution < 1.29 is 9.32 Å². The molecule has 1 fully saturated rings. The summed E-state index contributed by atoms with van der Waals surface area (Å²) in [4.78, 5) is 17.0. The van der Waals surface area contributed by atoms with Gasteiger partial charge in [0.2, 0.25) is 5.91 Å². The highest BCUT2D eigenvalue weighted by molar-refractivity contribution is 5.91. The van der Waals surface area contributed by atoms with Crippen LogP contribution < -0.4 is 5.32 Å². The lowest BCUT2D eigenvalue weighted by molar-refractivity contribution is -0.117. The van der Waals surface area contributed by atoms with E-state index >= 15 is 0 Å². The molecule has 0 unspecified atom stereocenters. The largest absolute Gasteiger partial charge is 0.360 e. The van der Waals surface area contributed by atoms with Gasteiger partial charge in [0.05, 0.1) is 12.6 Å². The zero-order valence-electron chi connectivity index (χ0n) is 16.6. The van der Waals surface area contributed by atoms with Gasteiger partial charge in [0.15, 0.2) is 5.82 Å². The topological polar surface area (TPSA) is 61.6 Å². The molecule has 1 amide bonds. The van der Waals surface area contributed by atoms with E-state index in [4.69, 9.17) is 4.52 Å². The third-order valence-electron chi connectivity index (χ3n) is 5.27. The average molecular weight is 390 g/mol.